The third-order valence-corrected chi connectivity index (χ3v) is 5.38. The molecule has 0 amide bonds. The van der Waals surface area contributed by atoms with Crippen molar-refractivity contribution < 1.29 is 9.18 Å². The van der Waals surface area contributed by atoms with Crippen LogP contribution < -0.4 is 5.32 Å². The Morgan fingerprint density at radius 1 is 1.19 bits per heavy atom. The number of fused-ring (bicyclic) bond motifs is 1. The summed E-state index contributed by atoms with van der Waals surface area (Å²) in [5.74, 6) is -1.10. The number of imidazole rings is 1. The van der Waals surface area contributed by atoms with E-state index in [0.717, 1.165) is 30.4 Å². The van der Waals surface area contributed by atoms with Crippen LogP contribution in [0.25, 0.3) is 11.2 Å². The zero-order valence-corrected chi connectivity index (χ0v) is 18.6. The van der Waals surface area contributed by atoms with Crippen molar-refractivity contribution in [1.82, 2.24) is 24.8 Å². The maximum absolute atomic E-state index is 13.6. The number of rotatable bonds is 5. The van der Waals surface area contributed by atoms with Gasteiger partial charge in [0, 0.05) is 18.3 Å². The quantitative estimate of drug-likeness (QED) is 0.422. The molecule has 3 rings (SSSR count). The lowest BCUT2D eigenvalue weighted by Crippen LogP contribution is -2.31. The number of carbonyl (C=O) groups excluding carboxylic acids is 1. The summed E-state index contributed by atoms with van der Waals surface area (Å²) in [6, 6.07) is 0. The molecule has 2 aromatic heterocycles. The molecule has 3 heterocycles. The Hall–Kier alpha value is -3.35. The largest absolute Gasteiger partial charge is 0.388 e. The molecule has 0 saturated carbocycles. The van der Waals surface area contributed by atoms with Crippen LogP contribution in [0, 0.1) is 11.4 Å². The number of allylic oxidation sites excluding steroid dienone is 10. The fourth-order valence-electron chi connectivity index (χ4n) is 3.55. The van der Waals surface area contributed by atoms with Crippen LogP contribution in [0.4, 0.5) is 4.39 Å². The molecule has 7 heteroatoms. The summed E-state index contributed by atoms with van der Waals surface area (Å²) in [4.78, 5) is 23.8. The van der Waals surface area contributed by atoms with Crippen molar-refractivity contribution in [3.05, 3.63) is 77.5 Å². The molecule has 0 bridgehead atoms. The lowest BCUT2D eigenvalue weighted by molar-refractivity contribution is 0.0972. The third-order valence-electron chi connectivity index (χ3n) is 5.38. The Kier molecular flexibility index (Phi) is 6.63. The topological polar surface area (TPSA) is 72.7 Å². The second kappa shape index (κ2) is 9.20. The van der Waals surface area contributed by atoms with Gasteiger partial charge in [-0.15, -0.1) is 0 Å². The van der Waals surface area contributed by atoms with E-state index in [0.29, 0.717) is 0 Å². The molecule has 2 aromatic rings. The van der Waals surface area contributed by atoms with Crippen molar-refractivity contribution in [3.63, 3.8) is 0 Å². The summed E-state index contributed by atoms with van der Waals surface area (Å²) in [6.07, 6.45) is 14.9. The monoisotopic (exact) mass is 421 g/mol. The normalized spacial score (nSPS) is 17.7. The molecule has 0 atom stereocenters. The van der Waals surface area contributed by atoms with E-state index < -0.39 is 5.95 Å². The maximum atomic E-state index is 13.6. The molecule has 0 spiro atoms. The number of nitrogens with zero attached hydrogens (tertiary/aromatic N) is 4. The zero-order chi connectivity index (χ0) is 22.6. The predicted octanol–water partition coefficient (Wildman–Crippen LogP) is 4.90. The first-order chi connectivity index (χ1) is 14.7. The third kappa shape index (κ3) is 5.23. The van der Waals surface area contributed by atoms with E-state index in [1.165, 1.54) is 28.2 Å². The number of halogens is 1. The van der Waals surface area contributed by atoms with Crippen molar-refractivity contribution in [2.75, 3.05) is 6.54 Å². The molecular formula is C24H28FN5O. The molecule has 0 unspecified atom stereocenters. The first-order valence-electron chi connectivity index (χ1n) is 10.2. The number of aromatic nitrogens is 4. The molecule has 0 fully saturated rings. The summed E-state index contributed by atoms with van der Waals surface area (Å²) in [5, 5.41) is 3.43. The van der Waals surface area contributed by atoms with Crippen LogP contribution in [0.3, 0.4) is 0 Å². The van der Waals surface area contributed by atoms with Gasteiger partial charge in [-0.1, -0.05) is 49.8 Å². The van der Waals surface area contributed by atoms with Gasteiger partial charge in [0.25, 0.3) is 5.91 Å². The molecule has 0 aromatic carbocycles. The molecule has 1 aliphatic heterocycles. The van der Waals surface area contributed by atoms with Gasteiger partial charge in [0.15, 0.2) is 11.2 Å². The van der Waals surface area contributed by atoms with Crippen molar-refractivity contribution in [3.8, 4) is 0 Å². The molecule has 6 nitrogen and oxygen atoms in total. The average molecular weight is 422 g/mol. The van der Waals surface area contributed by atoms with Gasteiger partial charge in [-0.3, -0.25) is 4.79 Å². The summed E-state index contributed by atoms with van der Waals surface area (Å²) >= 11 is 0. The summed E-state index contributed by atoms with van der Waals surface area (Å²) < 4.78 is 14.8. The van der Waals surface area contributed by atoms with Crippen LogP contribution in [0.5, 0.6) is 0 Å². The van der Waals surface area contributed by atoms with Crippen LogP contribution in [0.15, 0.2) is 71.5 Å². The average Bonchev–Trinajstić information content (AvgIpc) is 3.12. The van der Waals surface area contributed by atoms with Gasteiger partial charge >= 0.3 is 0 Å². The van der Waals surface area contributed by atoms with Crippen LogP contribution in [-0.2, 0) is 0 Å². The number of nitrogens with one attached hydrogen (secondary N) is 1. The van der Waals surface area contributed by atoms with Crippen molar-refractivity contribution in [1.29, 1.82) is 0 Å². The van der Waals surface area contributed by atoms with Crippen LogP contribution >= 0.6 is 0 Å². The van der Waals surface area contributed by atoms with E-state index in [1.807, 2.05) is 32.1 Å². The minimum absolute atomic E-state index is 0.0236. The van der Waals surface area contributed by atoms with E-state index in [4.69, 9.17) is 0 Å². The summed E-state index contributed by atoms with van der Waals surface area (Å²) in [7, 11) is 0. The molecule has 1 N–H and O–H groups in total. The fraction of sp³-hybridized carbons (Fsp3) is 0.333. The molecule has 0 aliphatic carbocycles. The second-order valence-electron chi connectivity index (χ2n) is 8.38. The fourth-order valence-corrected chi connectivity index (χ4v) is 3.55. The minimum Gasteiger partial charge on any atom is -0.388 e. The van der Waals surface area contributed by atoms with Gasteiger partial charge in [-0.05, 0) is 43.8 Å². The van der Waals surface area contributed by atoms with Crippen LogP contribution in [0.2, 0.25) is 0 Å². The molecule has 31 heavy (non-hydrogen) atoms. The molecule has 0 saturated heterocycles. The molecule has 162 valence electrons. The number of hydrogen-bond acceptors (Lipinski definition) is 5. The second-order valence-corrected chi connectivity index (χ2v) is 8.38. The molecule has 0 radical (unpaired) electrons. The smallest absolute Gasteiger partial charge is 0.257 e. The summed E-state index contributed by atoms with van der Waals surface area (Å²) in [6.45, 7) is 11.5. The Labute approximate surface area is 182 Å². The number of carbonyl (C=O) groups is 1. The Morgan fingerprint density at radius 3 is 2.71 bits per heavy atom. The zero-order valence-electron chi connectivity index (χ0n) is 18.6. The predicted molar refractivity (Wildman–Crippen MR) is 121 cm³/mol. The van der Waals surface area contributed by atoms with Crippen molar-refractivity contribution >= 4 is 17.1 Å². The highest BCUT2D eigenvalue weighted by Crippen LogP contribution is 2.35. The van der Waals surface area contributed by atoms with Gasteiger partial charge in [-0.2, -0.15) is 4.39 Å². The van der Waals surface area contributed by atoms with E-state index >= 15 is 0 Å². The Morgan fingerprint density at radius 2 is 1.97 bits per heavy atom. The van der Waals surface area contributed by atoms with Crippen molar-refractivity contribution in [2.24, 2.45) is 5.41 Å². The van der Waals surface area contributed by atoms with E-state index in [9.17, 15) is 9.18 Å². The van der Waals surface area contributed by atoms with E-state index in [-0.39, 0.29) is 22.5 Å². The van der Waals surface area contributed by atoms with Crippen molar-refractivity contribution in [2.45, 2.75) is 41.0 Å². The van der Waals surface area contributed by atoms with E-state index in [2.05, 4.69) is 53.2 Å². The van der Waals surface area contributed by atoms with Crippen LogP contribution in [-0.4, -0.2) is 32.0 Å². The van der Waals surface area contributed by atoms with E-state index in [1.54, 1.807) is 0 Å². The Balaban J connectivity index is 1.69. The standard InChI is InChI=1S/C24H28FN5O/c1-16(9-10-19-18(3)26-12-11-24(19,4)5)7-6-8-17(2)13-20(31)30-15-29-21-22(25)27-14-28-23(21)30/h6-10,13-15,26H,11-12H2,1-5H3/b8-6+,10-9+,16-7+,17-13+. The minimum atomic E-state index is -0.746. The van der Waals surface area contributed by atoms with Gasteiger partial charge in [-0.25, -0.2) is 19.5 Å². The SMILES string of the molecule is CC1=C(/C=C/C(C)=C/C=C/C(C)=C/C(=O)n2cnc3c(F)ncnc32)C(C)(C)CCN1. The lowest BCUT2D eigenvalue weighted by Gasteiger charge is -2.33. The lowest BCUT2D eigenvalue weighted by atomic mass is 9.77. The Bertz CT molecular complexity index is 1150. The van der Waals surface area contributed by atoms with Gasteiger partial charge < -0.3 is 5.32 Å². The number of hydrogen-bond donors (Lipinski definition) is 1. The first-order valence-corrected chi connectivity index (χ1v) is 10.2. The highest BCUT2D eigenvalue weighted by atomic mass is 19.1. The molecule has 1 aliphatic rings. The highest BCUT2D eigenvalue weighted by Gasteiger charge is 2.26. The molecular weight excluding hydrogens is 393 g/mol. The van der Waals surface area contributed by atoms with Gasteiger partial charge in [0.2, 0.25) is 5.95 Å². The first kappa shape index (κ1) is 22.3. The van der Waals surface area contributed by atoms with Crippen LogP contribution in [0.1, 0.15) is 45.8 Å². The highest BCUT2D eigenvalue weighted by molar-refractivity contribution is 5.96. The van der Waals surface area contributed by atoms with Gasteiger partial charge in [0.05, 0.1) is 0 Å². The van der Waals surface area contributed by atoms with Gasteiger partial charge in [0.1, 0.15) is 12.7 Å². The maximum Gasteiger partial charge on any atom is 0.257 e. The summed E-state index contributed by atoms with van der Waals surface area (Å²) in [5.41, 5.74) is 4.69.